The first-order valence-corrected chi connectivity index (χ1v) is 5.83. The van der Waals surface area contributed by atoms with Crippen LogP contribution < -0.4 is 4.90 Å². The van der Waals surface area contributed by atoms with E-state index in [1.807, 2.05) is 0 Å². The lowest BCUT2D eigenvalue weighted by Gasteiger charge is -2.29. The van der Waals surface area contributed by atoms with Gasteiger partial charge in [0.05, 0.1) is 0 Å². The van der Waals surface area contributed by atoms with Crippen LogP contribution in [0.15, 0.2) is 12.1 Å². The van der Waals surface area contributed by atoms with Crippen molar-refractivity contribution in [2.75, 3.05) is 17.3 Å². The van der Waals surface area contributed by atoms with Crippen molar-refractivity contribution in [1.29, 1.82) is 0 Å². The van der Waals surface area contributed by atoms with E-state index >= 15 is 0 Å². The van der Waals surface area contributed by atoms with Crippen molar-refractivity contribution in [2.45, 2.75) is 19.8 Å². The number of anilines is 1. The number of nitrogens with zero attached hydrogens (tertiary/aromatic N) is 1. The number of fused-ring (bicyclic) bond motifs is 1. The molecule has 0 N–H and O–H groups in total. The van der Waals surface area contributed by atoms with Gasteiger partial charge in [-0.2, -0.15) is 0 Å². The second kappa shape index (κ2) is 4.42. The fourth-order valence-electron chi connectivity index (χ4n) is 2.08. The first kappa shape index (κ1) is 11.4. The number of halogens is 2. The van der Waals surface area contributed by atoms with Crippen LogP contribution in [0.3, 0.4) is 0 Å². The summed E-state index contributed by atoms with van der Waals surface area (Å²) in [4.78, 5) is 13.2. The lowest BCUT2D eigenvalue weighted by molar-refractivity contribution is -0.116. The van der Waals surface area contributed by atoms with Crippen molar-refractivity contribution in [3.05, 3.63) is 29.1 Å². The number of aryl methyl sites for hydroxylation is 1. The minimum Gasteiger partial charge on any atom is -0.311 e. The van der Waals surface area contributed by atoms with E-state index in [1.165, 1.54) is 0 Å². The van der Waals surface area contributed by atoms with Crippen molar-refractivity contribution >= 4 is 23.2 Å². The highest BCUT2D eigenvalue weighted by atomic mass is 35.5. The molecule has 4 heteroatoms. The summed E-state index contributed by atoms with van der Waals surface area (Å²) >= 11 is 5.54. The number of rotatable bonds is 1. The van der Waals surface area contributed by atoms with Crippen LogP contribution in [-0.4, -0.2) is 18.3 Å². The molecule has 0 fully saturated rings. The Kier molecular flexibility index (Phi) is 3.15. The van der Waals surface area contributed by atoms with Crippen molar-refractivity contribution in [3.8, 4) is 0 Å². The van der Waals surface area contributed by atoms with Gasteiger partial charge in [-0.05, 0) is 31.4 Å². The normalized spacial score (nSPS) is 14.8. The molecule has 0 atom stereocenters. The van der Waals surface area contributed by atoms with Gasteiger partial charge in [0.2, 0.25) is 5.91 Å². The second-order valence-corrected chi connectivity index (χ2v) is 4.24. The minimum absolute atomic E-state index is 0.0606. The lowest BCUT2D eigenvalue weighted by atomic mass is 9.98. The van der Waals surface area contributed by atoms with Crippen molar-refractivity contribution in [3.63, 3.8) is 0 Å². The van der Waals surface area contributed by atoms with Gasteiger partial charge in [-0.3, -0.25) is 4.79 Å². The van der Waals surface area contributed by atoms with Crippen LogP contribution in [0.25, 0.3) is 0 Å². The first-order chi connectivity index (χ1) is 7.65. The number of carbonyl (C=O) groups excluding carboxylic acids is 1. The molecule has 0 spiro atoms. The molecular formula is C12H13ClFNO. The third-order valence-electron chi connectivity index (χ3n) is 2.93. The molecule has 0 aliphatic carbocycles. The molecule has 0 saturated heterocycles. The van der Waals surface area contributed by atoms with Gasteiger partial charge in [-0.1, -0.05) is 6.07 Å². The Morgan fingerprint density at radius 1 is 1.56 bits per heavy atom. The van der Waals surface area contributed by atoms with Gasteiger partial charge in [0.1, 0.15) is 11.7 Å². The molecule has 1 amide bonds. The molecule has 0 saturated carbocycles. The zero-order valence-electron chi connectivity index (χ0n) is 9.09. The third-order valence-corrected chi connectivity index (χ3v) is 3.15. The molecule has 1 heterocycles. The molecule has 86 valence electrons. The van der Waals surface area contributed by atoms with Crippen LogP contribution in [0.5, 0.6) is 0 Å². The van der Waals surface area contributed by atoms with Crippen molar-refractivity contribution in [1.82, 2.24) is 0 Å². The fourth-order valence-corrected chi connectivity index (χ4v) is 2.23. The van der Waals surface area contributed by atoms with Gasteiger partial charge in [-0.15, -0.1) is 11.6 Å². The van der Waals surface area contributed by atoms with Crippen LogP contribution in [0, 0.1) is 12.7 Å². The number of alkyl halides is 1. The molecule has 1 aliphatic rings. The SMILES string of the molecule is Cc1ccc2c(c1F)CCCN2C(=O)CCl. The summed E-state index contributed by atoms with van der Waals surface area (Å²) in [6.07, 6.45) is 1.48. The zero-order chi connectivity index (χ0) is 11.7. The average Bonchev–Trinajstić information content (AvgIpc) is 2.32. The maximum absolute atomic E-state index is 13.9. The molecule has 1 aromatic rings. The van der Waals surface area contributed by atoms with Gasteiger partial charge in [0.25, 0.3) is 0 Å². The monoisotopic (exact) mass is 241 g/mol. The summed E-state index contributed by atoms with van der Waals surface area (Å²) in [6.45, 7) is 2.36. The largest absolute Gasteiger partial charge is 0.311 e. The summed E-state index contributed by atoms with van der Waals surface area (Å²) in [6, 6.07) is 3.51. The number of hydrogen-bond donors (Lipinski definition) is 0. The van der Waals surface area contributed by atoms with E-state index in [-0.39, 0.29) is 17.6 Å². The molecule has 2 rings (SSSR count). The quantitative estimate of drug-likeness (QED) is 0.693. The van der Waals surface area contributed by atoms with Crippen molar-refractivity contribution in [2.24, 2.45) is 0 Å². The maximum Gasteiger partial charge on any atom is 0.241 e. The van der Waals surface area contributed by atoms with E-state index in [0.29, 0.717) is 29.8 Å². The van der Waals surface area contributed by atoms with E-state index in [0.717, 1.165) is 6.42 Å². The molecule has 0 aromatic heterocycles. The Labute approximate surface area is 99.0 Å². The fraction of sp³-hybridized carbons (Fsp3) is 0.417. The summed E-state index contributed by atoms with van der Waals surface area (Å²) in [5, 5.41) is 0. The lowest BCUT2D eigenvalue weighted by Crippen LogP contribution is -2.36. The molecular weight excluding hydrogens is 229 g/mol. The van der Waals surface area contributed by atoms with Gasteiger partial charge >= 0.3 is 0 Å². The molecule has 16 heavy (non-hydrogen) atoms. The maximum atomic E-state index is 13.9. The topological polar surface area (TPSA) is 20.3 Å². The van der Waals surface area contributed by atoms with Crippen LogP contribution in [0.4, 0.5) is 10.1 Å². The van der Waals surface area contributed by atoms with Gasteiger partial charge < -0.3 is 4.90 Å². The van der Waals surface area contributed by atoms with E-state index in [9.17, 15) is 9.18 Å². The van der Waals surface area contributed by atoms with Crippen molar-refractivity contribution < 1.29 is 9.18 Å². The Morgan fingerprint density at radius 2 is 2.31 bits per heavy atom. The van der Waals surface area contributed by atoms with E-state index in [2.05, 4.69) is 0 Å². The molecule has 1 aliphatic heterocycles. The van der Waals surface area contributed by atoms with Gasteiger partial charge in [0, 0.05) is 17.8 Å². The zero-order valence-corrected chi connectivity index (χ0v) is 9.85. The third kappa shape index (κ3) is 1.80. The van der Waals surface area contributed by atoms with Crippen LogP contribution in [0.1, 0.15) is 17.5 Å². The molecule has 1 aromatic carbocycles. The highest BCUT2D eigenvalue weighted by molar-refractivity contribution is 6.29. The van der Waals surface area contributed by atoms with Crippen LogP contribution >= 0.6 is 11.6 Å². The summed E-state index contributed by atoms with van der Waals surface area (Å²) in [7, 11) is 0. The predicted octanol–water partition coefficient (Wildman–Crippen LogP) is 2.65. The number of hydrogen-bond acceptors (Lipinski definition) is 1. The number of carbonyl (C=O) groups is 1. The summed E-state index contributed by atoms with van der Waals surface area (Å²) < 4.78 is 13.9. The standard InChI is InChI=1S/C12H13ClFNO/c1-8-4-5-10-9(12(8)14)3-2-6-15(10)11(16)7-13/h4-5H,2-3,6-7H2,1H3. The molecule has 0 unspecified atom stereocenters. The predicted molar refractivity (Wildman–Crippen MR) is 62.5 cm³/mol. The minimum atomic E-state index is -0.190. The van der Waals surface area contributed by atoms with E-state index < -0.39 is 0 Å². The molecule has 0 bridgehead atoms. The molecule has 0 radical (unpaired) electrons. The van der Waals surface area contributed by atoms with Crippen LogP contribution in [-0.2, 0) is 11.2 Å². The molecule has 2 nitrogen and oxygen atoms in total. The Morgan fingerprint density at radius 3 is 3.00 bits per heavy atom. The Bertz CT molecular complexity index is 433. The van der Waals surface area contributed by atoms with Crippen LogP contribution in [0.2, 0.25) is 0 Å². The van der Waals surface area contributed by atoms with Gasteiger partial charge in [0.15, 0.2) is 0 Å². The highest BCUT2D eigenvalue weighted by Gasteiger charge is 2.24. The van der Waals surface area contributed by atoms with E-state index in [4.69, 9.17) is 11.6 Å². The van der Waals surface area contributed by atoms with Gasteiger partial charge in [-0.25, -0.2) is 4.39 Å². The Balaban J connectivity index is 2.47. The first-order valence-electron chi connectivity index (χ1n) is 5.29. The summed E-state index contributed by atoms with van der Waals surface area (Å²) in [5.74, 6) is -0.412. The summed E-state index contributed by atoms with van der Waals surface area (Å²) in [5.41, 5.74) is 1.95. The smallest absolute Gasteiger partial charge is 0.241 e. The Hall–Kier alpha value is -1.09. The second-order valence-electron chi connectivity index (χ2n) is 3.98. The number of benzene rings is 1. The number of amides is 1. The highest BCUT2D eigenvalue weighted by Crippen LogP contribution is 2.30. The average molecular weight is 242 g/mol. The van der Waals surface area contributed by atoms with E-state index in [1.54, 1.807) is 24.0 Å².